The van der Waals surface area contributed by atoms with Crippen molar-refractivity contribution in [2.24, 2.45) is 11.3 Å². The van der Waals surface area contributed by atoms with E-state index in [2.05, 4.69) is 10.1 Å². The third kappa shape index (κ3) is 4.13. The minimum Gasteiger partial charge on any atom is -0.373 e. The van der Waals surface area contributed by atoms with Crippen LogP contribution in [0, 0.1) is 11.3 Å². The summed E-state index contributed by atoms with van der Waals surface area (Å²) in [7, 11) is 1.69. The predicted molar refractivity (Wildman–Crippen MR) is 78.8 cm³/mol. The topological polar surface area (TPSA) is 65.2 Å². The first kappa shape index (κ1) is 16.1. The zero-order chi connectivity index (χ0) is 15.5. The average Bonchev–Trinajstić information content (AvgIpc) is 2.88. The van der Waals surface area contributed by atoms with Crippen LogP contribution < -0.4 is 0 Å². The second-order valence-electron chi connectivity index (χ2n) is 6.95. The zero-order valence-corrected chi connectivity index (χ0v) is 13.5. The van der Waals surface area contributed by atoms with E-state index in [1.165, 1.54) is 19.3 Å². The molecule has 5 nitrogen and oxygen atoms in total. The Labute approximate surface area is 126 Å². The first-order valence-corrected chi connectivity index (χ1v) is 7.80. The number of carbonyl (C=O) groups excluding carboxylic acids is 1. The molecule has 0 N–H and O–H groups in total. The van der Waals surface area contributed by atoms with E-state index in [0.717, 1.165) is 12.8 Å². The Bertz CT molecular complexity index is 470. The molecule has 21 heavy (non-hydrogen) atoms. The Kier molecular flexibility index (Phi) is 5.14. The summed E-state index contributed by atoms with van der Waals surface area (Å²) in [5.41, 5.74) is -0.390. The lowest BCUT2D eigenvalue weighted by Crippen LogP contribution is -2.22. The van der Waals surface area contributed by atoms with E-state index < -0.39 is 5.41 Å². The van der Waals surface area contributed by atoms with Crippen molar-refractivity contribution in [3.05, 3.63) is 11.7 Å². The molecule has 1 aromatic heterocycles. The summed E-state index contributed by atoms with van der Waals surface area (Å²) in [6.45, 7) is 5.69. The predicted octanol–water partition coefficient (Wildman–Crippen LogP) is 3.50. The van der Waals surface area contributed by atoms with Crippen molar-refractivity contribution < 1.29 is 14.1 Å². The molecule has 0 saturated heterocycles. The summed E-state index contributed by atoms with van der Waals surface area (Å²) < 4.78 is 10.8. The zero-order valence-electron chi connectivity index (χ0n) is 13.5. The van der Waals surface area contributed by atoms with Crippen molar-refractivity contribution in [1.82, 2.24) is 10.1 Å². The molecule has 0 amide bonds. The largest absolute Gasteiger partial charge is 0.373 e. The van der Waals surface area contributed by atoms with Gasteiger partial charge in [0.25, 0.3) is 0 Å². The van der Waals surface area contributed by atoms with Crippen molar-refractivity contribution in [3.8, 4) is 0 Å². The maximum Gasteiger partial charge on any atom is 0.234 e. The molecule has 1 fully saturated rings. The van der Waals surface area contributed by atoms with E-state index in [1.54, 1.807) is 7.11 Å². The van der Waals surface area contributed by atoms with Crippen LogP contribution in [0.15, 0.2) is 4.52 Å². The first-order valence-electron chi connectivity index (χ1n) is 7.80. The molecule has 0 bridgehead atoms. The fraction of sp³-hybridized carbons (Fsp3) is 0.812. The van der Waals surface area contributed by atoms with Crippen molar-refractivity contribution >= 4 is 5.78 Å². The van der Waals surface area contributed by atoms with Gasteiger partial charge in [0.1, 0.15) is 11.9 Å². The summed E-state index contributed by atoms with van der Waals surface area (Å²) >= 11 is 0. The molecule has 1 saturated carbocycles. The number of methoxy groups -OCH3 is 1. The highest BCUT2D eigenvalue weighted by Gasteiger charge is 2.30. The standard InChI is InChI=1S/C16H26N2O3/c1-16(2,3)12(19)10-13-17-15(18-21-13)14(20-4)11-8-6-5-7-9-11/h11,14H,5-10H2,1-4H3. The lowest BCUT2D eigenvalue weighted by Gasteiger charge is -2.26. The van der Waals surface area contributed by atoms with Gasteiger partial charge in [-0.15, -0.1) is 0 Å². The van der Waals surface area contributed by atoms with Gasteiger partial charge in [0, 0.05) is 12.5 Å². The van der Waals surface area contributed by atoms with Gasteiger partial charge in [0.15, 0.2) is 0 Å². The number of Topliss-reactive ketones (excluding diaryl/α,β-unsaturated/α-hetero) is 1. The summed E-state index contributed by atoms with van der Waals surface area (Å²) in [6.07, 6.45) is 6.12. The van der Waals surface area contributed by atoms with Crippen molar-refractivity contribution in [2.45, 2.75) is 65.4 Å². The number of nitrogens with zero attached hydrogens (tertiary/aromatic N) is 2. The van der Waals surface area contributed by atoms with Crippen LogP contribution in [0.3, 0.4) is 0 Å². The normalized spacial score (nSPS) is 18.7. The van der Waals surface area contributed by atoms with Crippen LogP contribution in [0.2, 0.25) is 0 Å². The highest BCUT2D eigenvalue weighted by molar-refractivity contribution is 5.84. The van der Waals surface area contributed by atoms with Crippen LogP contribution in [0.25, 0.3) is 0 Å². The van der Waals surface area contributed by atoms with Crippen LogP contribution in [-0.2, 0) is 16.0 Å². The summed E-state index contributed by atoms with van der Waals surface area (Å²) in [5, 5.41) is 4.03. The molecule has 0 aromatic carbocycles. The monoisotopic (exact) mass is 294 g/mol. The van der Waals surface area contributed by atoms with E-state index >= 15 is 0 Å². The number of rotatable bonds is 5. The van der Waals surface area contributed by atoms with Gasteiger partial charge < -0.3 is 9.26 Å². The van der Waals surface area contributed by atoms with Gasteiger partial charge in [-0.25, -0.2) is 0 Å². The first-order chi connectivity index (χ1) is 9.91. The quantitative estimate of drug-likeness (QED) is 0.831. The number of hydrogen-bond acceptors (Lipinski definition) is 5. The summed E-state index contributed by atoms with van der Waals surface area (Å²) in [6, 6.07) is 0. The Hall–Kier alpha value is -1.23. The van der Waals surface area contributed by atoms with E-state index in [0.29, 0.717) is 17.6 Å². The van der Waals surface area contributed by atoms with Crippen LogP contribution in [0.4, 0.5) is 0 Å². The van der Waals surface area contributed by atoms with Gasteiger partial charge in [0.2, 0.25) is 11.7 Å². The third-order valence-electron chi connectivity index (χ3n) is 4.22. The molecule has 1 aliphatic carbocycles. The maximum absolute atomic E-state index is 12.0. The Morgan fingerprint density at radius 3 is 2.57 bits per heavy atom. The van der Waals surface area contributed by atoms with Gasteiger partial charge >= 0.3 is 0 Å². The number of aromatic nitrogens is 2. The SMILES string of the molecule is COC(c1noc(CC(=O)C(C)(C)C)n1)C1CCCCC1. The summed E-state index contributed by atoms with van der Waals surface area (Å²) in [4.78, 5) is 16.4. The molecular formula is C16H26N2O3. The molecule has 5 heteroatoms. The van der Waals surface area contributed by atoms with Crippen LogP contribution in [-0.4, -0.2) is 23.0 Å². The highest BCUT2D eigenvalue weighted by atomic mass is 16.5. The second kappa shape index (κ2) is 6.69. The molecular weight excluding hydrogens is 268 g/mol. The van der Waals surface area contributed by atoms with E-state index in [-0.39, 0.29) is 18.3 Å². The molecule has 1 unspecified atom stereocenters. The fourth-order valence-electron chi connectivity index (χ4n) is 2.80. The van der Waals surface area contributed by atoms with E-state index in [9.17, 15) is 4.79 Å². The van der Waals surface area contributed by atoms with Crippen LogP contribution >= 0.6 is 0 Å². The lowest BCUT2D eigenvalue weighted by atomic mass is 9.85. The maximum atomic E-state index is 12.0. The molecule has 0 radical (unpaired) electrons. The smallest absolute Gasteiger partial charge is 0.234 e. The molecule has 0 aliphatic heterocycles. The summed E-state index contributed by atoms with van der Waals surface area (Å²) in [5.74, 6) is 1.53. The number of ether oxygens (including phenoxy) is 1. The van der Waals surface area contributed by atoms with Crippen molar-refractivity contribution in [2.75, 3.05) is 7.11 Å². The van der Waals surface area contributed by atoms with Gasteiger partial charge in [-0.2, -0.15) is 4.98 Å². The van der Waals surface area contributed by atoms with Crippen molar-refractivity contribution in [1.29, 1.82) is 0 Å². The molecule has 0 spiro atoms. The fourth-order valence-corrected chi connectivity index (χ4v) is 2.80. The Morgan fingerprint density at radius 1 is 1.33 bits per heavy atom. The average molecular weight is 294 g/mol. The molecule has 1 aromatic rings. The number of carbonyl (C=O) groups is 1. The second-order valence-corrected chi connectivity index (χ2v) is 6.95. The van der Waals surface area contributed by atoms with E-state index in [1.807, 2.05) is 20.8 Å². The van der Waals surface area contributed by atoms with Gasteiger partial charge in [-0.1, -0.05) is 45.2 Å². The van der Waals surface area contributed by atoms with Crippen LogP contribution in [0.5, 0.6) is 0 Å². The molecule has 1 aliphatic rings. The molecule has 1 atom stereocenters. The van der Waals surface area contributed by atoms with Crippen molar-refractivity contribution in [3.63, 3.8) is 0 Å². The third-order valence-corrected chi connectivity index (χ3v) is 4.22. The van der Waals surface area contributed by atoms with Gasteiger partial charge in [-0.05, 0) is 18.8 Å². The molecule has 1 heterocycles. The number of hydrogen-bond donors (Lipinski definition) is 0. The van der Waals surface area contributed by atoms with Gasteiger partial charge in [0.05, 0.1) is 6.42 Å². The highest BCUT2D eigenvalue weighted by Crippen LogP contribution is 2.35. The Balaban J connectivity index is 2.05. The minimum absolute atomic E-state index is 0.101. The minimum atomic E-state index is -0.390. The molecule has 118 valence electrons. The van der Waals surface area contributed by atoms with Crippen LogP contribution in [0.1, 0.15) is 70.7 Å². The number of ketones is 1. The Morgan fingerprint density at radius 2 is 2.00 bits per heavy atom. The van der Waals surface area contributed by atoms with E-state index in [4.69, 9.17) is 9.26 Å². The van der Waals surface area contributed by atoms with Gasteiger partial charge in [-0.3, -0.25) is 4.79 Å². The molecule has 2 rings (SSSR count). The lowest BCUT2D eigenvalue weighted by molar-refractivity contribution is -0.125.